The third kappa shape index (κ3) is 2.18. The largest absolute Gasteiger partial charge is 0.469 e. The van der Waals surface area contributed by atoms with Crippen molar-refractivity contribution in [2.45, 2.75) is 52.4 Å². The van der Waals surface area contributed by atoms with E-state index in [1.54, 1.807) is 13.2 Å². The van der Waals surface area contributed by atoms with Gasteiger partial charge in [-0.2, -0.15) is 0 Å². The number of hydrogen-bond acceptors (Lipinski definition) is 2. The molecular weight excluding hydrogens is 212 g/mol. The van der Waals surface area contributed by atoms with Crippen LogP contribution >= 0.6 is 0 Å². The minimum absolute atomic E-state index is 0.161. The maximum absolute atomic E-state index is 11.7. The molecule has 3 atom stereocenters. The average Bonchev–Trinajstić information content (AvgIpc) is 2.82. The lowest BCUT2D eigenvalue weighted by Crippen LogP contribution is -2.18. The van der Waals surface area contributed by atoms with Crippen LogP contribution in [0.2, 0.25) is 0 Å². The van der Waals surface area contributed by atoms with Crippen LogP contribution in [0.1, 0.15) is 63.7 Å². The Bertz CT molecular complexity index is 403. The van der Waals surface area contributed by atoms with E-state index in [-0.39, 0.29) is 5.92 Å². The Morgan fingerprint density at radius 2 is 2.12 bits per heavy atom. The van der Waals surface area contributed by atoms with E-state index in [9.17, 15) is 4.79 Å². The first-order valence-electron chi connectivity index (χ1n) is 6.60. The molecule has 0 unspecified atom stereocenters. The summed E-state index contributed by atoms with van der Waals surface area (Å²) >= 11 is 0. The summed E-state index contributed by atoms with van der Waals surface area (Å²) in [6.07, 6.45) is 3.92. The summed E-state index contributed by atoms with van der Waals surface area (Å²) < 4.78 is 5.71. The minimum Gasteiger partial charge on any atom is -0.469 e. The molecule has 0 aromatic carbocycles. The third-order valence-corrected chi connectivity index (χ3v) is 4.15. The quantitative estimate of drug-likeness (QED) is 0.787. The highest BCUT2D eigenvalue weighted by atomic mass is 16.3. The molecule has 94 valence electrons. The van der Waals surface area contributed by atoms with Gasteiger partial charge >= 0.3 is 0 Å². The fraction of sp³-hybridized carbons (Fsp3) is 0.667. The Morgan fingerprint density at radius 1 is 1.41 bits per heavy atom. The maximum atomic E-state index is 11.7. The smallest absolute Gasteiger partial charge is 0.133 e. The zero-order chi connectivity index (χ0) is 12.6. The summed E-state index contributed by atoms with van der Waals surface area (Å²) in [6, 6.07) is 2.06. The summed E-state index contributed by atoms with van der Waals surface area (Å²) in [5.74, 6) is 2.83. The van der Waals surface area contributed by atoms with E-state index in [0.29, 0.717) is 23.5 Å². The standard InChI is InChI=1S/C15H22O2/c1-9(2)12-7-8-17-15(12)14-10(3)5-6-13(14)11(4)16/h7-10,13-14H,5-6H2,1-4H3/t10-,13+,14-/m0/s1. The van der Waals surface area contributed by atoms with Crippen LogP contribution in [-0.4, -0.2) is 5.78 Å². The molecule has 0 saturated heterocycles. The molecule has 1 aliphatic carbocycles. The van der Waals surface area contributed by atoms with Gasteiger partial charge in [-0.25, -0.2) is 0 Å². The monoisotopic (exact) mass is 234 g/mol. The number of rotatable bonds is 3. The molecule has 2 rings (SSSR count). The lowest BCUT2D eigenvalue weighted by molar-refractivity contribution is -0.121. The third-order valence-electron chi connectivity index (χ3n) is 4.15. The zero-order valence-electron chi connectivity index (χ0n) is 11.2. The van der Waals surface area contributed by atoms with Crippen molar-refractivity contribution in [3.63, 3.8) is 0 Å². The zero-order valence-corrected chi connectivity index (χ0v) is 11.2. The normalized spacial score (nSPS) is 28.9. The van der Waals surface area contributed by atoms with Gasteiger partial charge in [0.2, 0.25) is 0 Å². The molecular formula is C15H22O2. The van der Waals surface area contributed by atoms with Gasteiger partial charge in [0.1, 0.15) is 11.5 Å². The number of carbonyl (C=O) groups excluding carboxylic acids is 1. The van der Waals surface area contributed by atoms with Crippen molar-refractivity contribution >= 4 is 5.78 Å². The van der Waals surface area contributed by atoms with E-state index in [1.165, 1.54) is 5.56 Å². The lowest BCUT2D eigenvalue weighted by atomic mass is 9.83. The van der Waals surface area contributed by atoms with E-state index in [2.05, 4.69) is 26.8 Å². The molecule has 2 heteroatoms. The Hall–Kier alpha value is -1.05. The van der Waals surface area contributed by atoms with Gasteiger partial charge in [0.25, 0.3) is 0 Å². The second-order valence-electron chi connectivity index (χ2n) is 5.69. The Labute approximate surface area is 103 Å². The number of Topliss-reactive ketones (excluding diaryl/α,β-unsaturated/α-hetero) is 1. The van der Waals surface area contributed by atoms with Gasteiger partial charge < -0.3 is 4.42 Å². The molecule has 0 aliphatic heterocycles. The van der Waals surface area contributed by atoms with Crippen molar-refractivity contribution < 1.29 is 9.21 Å². The van der Waals surface area contributed by atoms with Crippen LogP contribution in [0.4, 0.5) is 0 Å². The van der Waals surface area contributed by atoms with Gasteiger partial charge in [0.15, 0.2) is 0 Å². The lowest BCUT2D eigenvalue weighted by Gasteiger charge is -2.21. The van der Waals surface area contributed by atoms with Gasteiger partial charge in [0, 0.05) is 11.8 Å². The van der Waals surface area contributed by atoms with Gasteiger partial charge in [-0.1, -0.05) is 20.8 Å². The molecule has 0 amide bonds. The molecule has 1 aliphatic rings. The van der Waals surface area contributed by atoms with Crippen LogP contribution in [0, 0.1) is 11.8 Å². The summed E-state index contributed by atoms with van der Waals surface area (Å²) in [4.78, 5) is 11.7. The number of carbonyl (C=O) groups is 1. The van der Waals surface area contributed by atoms with Gasteiger partial charge in [-0.05, 0) is 43.2 Å². The van der Waals surface area contributed by atoms with E-state index in [0.717, 1.165) is 18.6 Å². The van der Waals surface area contributed by atoms with Crippen LogP contribution in [0.5, 0.6) is 0 Å². The van der Waals surface area contributed by atoms with Gasteiger partial charge in [-0.3, -0.25) is 4.79 Å². The highest BCUT2D eigenvalue weighted by Crippen LogP contribution is 2.46. The van der Waals surface area contributed by atoms with E-state index in [4.69, 9.17) is 4.42 Å². The predicted molar refractivity (Wildman–Crippen MR) is 68.1 cm³/mol. The number of hydrogen-bond donors (Lipinski definition) is 0. The van der Waals surface area contributed by atoms with Crippen molar-refractivity contribution in [3.05, 3.63) is 23.7 Å². The SMILES string of the molecule is CC(=O)[C@H]1CC[C@H](C)[C@@H]1c1occc1C(C)C. The van der Waals surface area contributed by atoms with Crippen molar-refractivity contribution in [1.82, 2.24) is 0 Å². The molecule has 1 aromatic heterocycles. The summed E-state index contributed by atoms with van der Waals surface area (Å²) in [5, 5.41) is 0. The molecule has 1 aromatic rings. The average molecular weight is 234 g/mol. The van der Waals surface area contributed by atoms with Crippen LogP contribution < -0.4 is 0 Å². The van der Waals surface area contributed by atoms with Crippen molar-refractivity contribution in [1.29, 1.82) is 0 Å². The van der Waals surface area contributed by atoms with Crippen LogP contribution in [0.3, 0.4) is 0 Å². The first-order chi connectivity index (χ1) is 8.02. The van der Waals surface area contributed by atoms with Crippen LogP contribution in [0.15, 0.2) is 16.7 Å². The van der Waals surface area contributed by atoms with Crippen molar-refractivity contribution in [2.24, 2.45) is 11.8 Å². The summed E-state index contributed by atoms with van der Waals surface area (Å²) in [7, 11) is 0. The summed E-state index contributed by atoms with van der Waals surface area (Å²) in [6.45, 7) is 8.31. The van der Waals surface area contributed by atoms with Gasteiger partial charge in [-0.15, -0.1) is 0 Å². The van der Waals surface area contributed by atoms with Crippen molar-refractivity contribution in [3.8, 4) is 0 Å². The molecule has 0 N–H and O–H groups in total. The molecule has 1 saturated carbocycles. The second-order valence-corrected chi connectivity index (χ2v) is 5.69. The van der Waals surface area contributed by atoms with E-state index < -0.39 is 0 Å². The molecule has 1 heterocycles. The Morgan fingerprint density at radius 3 is 2.71 bits per heavy atom. The molecule has 0 radical (unpaired) electrons. The molecule has 0 spiro atoms. The molecule has 1 fully saturated rings. The first-order valence-corrected chi connectivity index (χ1v) is 6.60. The maximum Gasteiger partial charge on any atom is 0.133 e. The molecule has 17 heavy (non-hydrogen) atoms. The summed E-state index contributed by atoms with van der Waals surface area (Å²) in [5.41, 5.74) is 1.27. The minimum atomic E-state index is 0.161. The van der Waals surface area contributed by atoms with E-state index >= 15 is 0 Å². The fourth-order valence-electron chi connectivity index (χ4n) is 3.17. The molecule has 0 bridgehead atoms. The van der Waals surface area contributed by atoms with Crippen LogP contribution in [0.25, 0.3) is 0 Å². The Balaban J connectivity index is 2.36. The van der Waals surface area contributed by atoms with Gasteiger partial charge in [0.05, 0.1) is 6.26 Å². The second kappa shape index (κ2) is 4.67. The fourth-order valence-corrected chi connectivity index (χ4v) is 3.17. The number of furan rings is 1. The van der Waals surface area contributed by atoms with E-state index in [1.807, 2.05) is 0 Å². The first kappa shape index (κ1) is 12.4. The highest BCUT2D eigenvalue weighted by Gasteiger charge is 2.40. The molecule has 2 nitrogen and oxygen atoms in total. The highest BCUT2D eigenvalue weighted by molar-refractivity contribution is 5.79. The Kier molecular flexibility index (Phi) is 3.41. The topological polar surface area (TPSA) is 30.2 Å². The van der Waals surface area contributed by atoms with Crippen molar-refractivity contribution in [2.75, 3.05) is 0 Å². The predicted octanol–water partition coefficient (Wildman–Crippen LogP) is 4.12. The van der Waals surface area contributed by atoms with Crippen LogP contribution in [-0.2, 0) is 4.79 Å². The number of ketones is 1.